The molecule has 1 N–H and O–H groups in total. The number of hydrogen-bond acceptors (Lipinski definition) is 6. The van der Waals surface area contributed by atoms with Crippen LogP contribution < -0.4 is 5.32 Å². The predicted molar refractivity (Wildman–Crippen MR) is 99.5 cm³/mol. The molecule has 0 aliphatic rings. The summed E-state index contributed by atoms with van der Waals surface area (Å²) in [4.78, 5) is 15.9. The summed E-state index contributed by atoms with van der Waals surface area (Å²) in [6.45, 7) is 2.61. The van der Waals surface area contributed by atoms with E-state index in [1.165, 1.54) is 15.7 Å². The number of nitrogens with zero attached hydrogens (tertiary/aromatic N) is 5. The summed E-state index contributed by atoms with van der Waals surface area (Å²) in [7, 11) is 0. The second-order valence-corrected chi connectivity index (χ2v) is 6.79. The number of benzene rings is 1. The monoisotopic (exact) mass is 368 g/mol. The van der Waals surface area contributed by atoms with Crippen LogP contribution in [0.4, 0.5) is 11.6 Å². The number of aromatic nitrogens is 4. The molecule has 0 radical (unpaired) electrons. The molecule has 0 fully saturated rings. The van der Waals surface area contributed by atoms with Gasteiger partial charge in [-0.1, -0.05) is 41.7 Å². The van der Waals surface area contributed by atoms with Gasteiger partial charge in [-0.2, -0.15) is 14.5 Å². The zero-order valence-corrected chi connectivity index (χ0v) is 14.8. The van der Waals surface area contributed by atoms with Crippen LogP contribution in [0.25, 0.3) is 4.96 Å². The normalized spacial score (nSPS) is 12.3. The van der Waals surface area contributed by atoms with Gasteiger partial charge >= 0.3 is 5.82 Å². The highest BCUT2D eigenvalue weighted by Crippen LogP contribution is 2.30. The Hall–Kier alpha value is -3.20. The number of anilines is 1. The van der Waals surface area contributed by atoms with Gasteiger partial charge in [0.2, 0.25) is 5.82 Å². The number of rotatable bonds is 6. The molecule has 9 heteroatoms. The zero-order valence-electron chi connectivity index (χ0n) is 13.9. The van der Waals surface area contributed by atoms with Crippen molar-refractivity contribution in [3.63, 3.8) is 0 Å². The Labute approximate surface area is 152 Å². The van der Waals surface area contributed by atoms with E-state index in [9.17, 15) is 10.1 Å². The fourth-order valence-corrected chi connectivity index (χ4v) is 3.50. The van der Waals surface area contributed by atoms with Gasteiger partial charge < -0.3 is 15.4 Å². The Balaban J connectivity index is 1.54. The van der Waals surface area contributed by atoms with Crippen molar-refractivity contribution in [1.82, 2.24) is 19.2 Å². The molecule has 0 saturated carbocycles. The predicted octanol–water partition coefficient (Wildman–Crippen LogP) is 3.72. The molecule has 3 aromatic heterocycles. The maximum absolute atomic E-state index is 11.4. The number of imidazole rings is 1. The second kappa shape index (κ2) is 6.60. The fourth-order valence-electron chi connectivity index (χ4n) is 2.79. The second-order valence-electron chi connectivity index (χ2n) is 5.92. The molecule has 0 bridgehead atoms. The minimum Gasteiger partial charge on any atom is -0.358 e. The van der Waals surface area contributed by atoms with Gasteiger partial charge in [-0.3, -0.25) is 4.68 Å². The number of nitro groups is 1. The Morgan fingerprint density at radius 2 is 2.15 bits per heavy atom. The summed E-state index contributed by atoms with van der Waals surface area (Å²) in [5.41, 5.74) is 2.10. The lowest BCUT2D eigenvalue weighted by atomic mass is 10.2. The number of fused-ring (bicyclic) bond motifs is 1. The summed E-state index contributed by atoms with van der Waals surface area (Å²) in [6, 6.07) is 9.89. The number of nitrogens with one attached hydrogen (secondary N) is 1. The van der Waals surface area contributed by atoms with Gasteiger partial charge in [0, 0.05) is 17.1 Å². The van der Waals surface area contributed by atoms with Crippen molar-refractivity contribution in [2.45, 2.75) is 19.5 Å². The highest BCUT2D eigenvalue weighted by molar-refractivity contribution is 7.15. The van der Waals surface area contributed by atoms with E-state index >= 15 is 0 Å². The summed E-state index contributed by atoms with van der Waals surface area (Å²) >= 11 is 1.36. The maximum Gasteiger partial charge on any atom is 0.372 e. The van der Waals surface area contributed by atoms with Crippen molar-refractivity contribution in [3.8, 4) is 0 Å². The van der Waals surface area contributed by atoms with Gasteiger partial charge in [0.15, 0.2) is 0 Å². The third kappa shape index (κ3) is 3.04. The molecule has 26 heavy (non-hydrogen) atoms. The molecule has 0 saturated heterocycles. The molecule has 0 aliphatic heterocycles. The Morgan fingerprint density at radius 3 is 2.92 bits per heavy atom. The van der Waals surface area contributed by atoms with Gasteiger partial charge in [-0.15, -0.1) is 0 Å². The fraction of sp³-hybridized carbons (Fsp3) is 0.176. The largest absolute Gasteiger partial charge is 0.372 e. The van der Waals surface area contributed by atoms with E-state index < -0.39 is 4.92 Å². The van der Waals surface area contributed by atoms with E-state index in [4.69, 9.17) is 0 Å². The van der Waals surface area contributed by atoms with E-state index in [2.05, 4.69) is 15.4 Å². The number of hydrogen-bond donors (Lipinski definition) is 1. The molecular weight excluding hydrogens is 352 g/mol. The highest BCUT2D eigenvalue weighted by atomic mass is 32.1. The van der Waals surface area contributed by atoms with Crippen LogP contribution in [-0.4, -0.2) is 24.1 Å². The molecular formula is C17H16N6O2S. The molecule has 1 atom stereocenters. The summed E-state index contributed by atoms with van der Waals surface area (Å²) < 4.78 is 3.33. The summed E-state index contributed by atoms with van der Waals surface area (Å²) in [5, 5.41) is 20.7. The van der Waals surface area contributed by atoms with Crippen molar-refractivity contribution >= 4 is 27.9 Å². The molecule has 1 aromatic carbocycles. The van der Waals surface area contributed by atoms with Crippen LogP contribution in [0.1, 0.15) is 24.1 Å². The summed E-state index contributed by atoms with van der Waals surface area (Å²) in [5.74, 6) is 0.218. The lowest BCUT2D eigenvalue weighted by Gasteiger charge is -2.10. The quantitative estimate of drug-likeness (QED) is 0.414. The molecule has 4 rings (SSSR count). The van der Waals surface area contributed by atoms with Crippen LogP contribution in [0, 0.1) is 10.1 Å². The van der Waals surface area contributed by atoms with Crippen LogP contribution in [0.5, 0.6) is 0 Å². The first kappa shape index (κ1) is 16.3. The molecule has 8 nitrogen and oxygen atoms in total. The minimum atomic E-state index is -0.416. The van der Waals surface area contributed by atoms with Gasteiger partial charge in [-0.05, 0) is 17.4 Å². The summed E-state index contributed by atoms with van der Waals surface area (Å²) in [6.07, 6.45) is 5.36. The molecule has 0 aliphatic carbocycles. The lowest BCUT2D eigenvalue weighted by molar-refractivity contribution is -0.389. The molecule has 4 aromatic rings. The van der Waals surface area contributed by atoms with Gasteiger partial charge in [0.05, 0.1) is 18.8 Å². The van der Waals surface area contributed by atoms with Crippen molar-refractivity contribution in [2.24, 2.45) is 0 Å². The van der Waals surface area contributed by atoms with Crippen LogP contribution >= 0.6 is 11.3 Å². The Bertz CT molecular complexity index is 1050. The molecule has 0 amide bonds. The van der Waals surface area contributed by atoms with E-state index in [-0.39, 0.29) is 17.7 Å². The maximum atomic E-state index is 11.4. The first-order valence-electron chi connectivity index (χ1n) is 8.04. The van der Waals surface area contributed by atoms with Crippen molar-refractivity contribution < 1.29 is 4.92 Å². The van der Waals surface area contributed by atoms with Crippen LogP contribution in [-0.2, 0) is 6.54 Å². The molecule has 132 valence electrons. The van der Waals surface area contributed by atoms with Crippen LogP contribution in [0.2, 0.25) is 0 Å². The standard InChI is InChI=1S/C17H16N6O2S/c1-12(14-9-18-21(11-14)10-13-5-3-2-4-6-13)19-15-16(23(24)25)22-7-8-26-17(22)20-15/h2-9,11-12,19H,10H2,1H3. The van der Waals surface area contributed by atoms with Gasteiger partial charge in [0.25, 0.3) is 4.96 Å². The van der Waals surface area contributed by atoms with Crippen LogP contribution in [0.15, 0.2) is 54.3 Å². The Morgan fingerprint density at radius 1 is 1.35 bits per heavy atom. The average Bonchev–Trinajstić information content (AvgIpc) is 3.31. The first-order chi connectivity index (χ1) is 12.6. The van der Waals surface area contributed by atoms with Gasteiger partial charge in [-0.25, -0.2) is 0 Å². The Kier molecular flexibility index (Phi) is 4.13. The van der Waals surface area contributed by atoms with E-state index in [1.54, 1.807) is 17.8 Å². The molecule has 0 spiro atoms. The first-order valence-corrected chi connectivity index (χ1v) is 8.92. The van der Waals surface area contributed by atoms with Gasteiger partial charge in [0.1, 0.15) is 6.20 Å². The van der Waals surface area contributed by atoms with Crippen LogP contribution in [0.3, 0.4) is 0 Å². The van der Waals surface area contributed by atoms with Crippen molar-refractivity contribution in [1.29, 1.82) is 0 Å². The highest BCUT2D eigenvalue weighted by Gasteiger charge is 2.25. The lowest BCUT2D eigenvalue weighted by Crippen LogP contribution is -2.08. The molecule has 1 unspecified atom stereocenters. The van der Waals surface area contributed by atoms with Crippen molar-refractivity contribution in [3.05, 3.63) is 75.5 Å². The SMILES string of the molecule is CC(Nc1nc2sccn2c1[N+](=O)[O-])c1cnn(Cc2ccccc2)c1. The minimum absolute atomic E-state index is 0.0511. The van der Waals surface area contributed by atoms with E-state index in [1.807, 2.05) is 48.1 Å². The zero-order chi connectivity index (χ0) is 18.1. The topological polar surface area (TPSA) is 90.3 Å². The molecule has 3 heterocycles. The number of thiazole rings is 1. The third-order valence-corrected chi connectivity index (χ3v) is 4.86. The average molecular weight is 368 g/mol. The smallest absolute Gasteiger partial charge is 0.358 e. The van der Waals surface area contributed by atoms with E-state index in [0.29, 0.717) is 11.5 Å². The third-order valence-electron chi connectivity index (χ3n) is 4.10. The van der Waals surface area contributed by atoms with Crippen molar-refractivity contribution in [2.75, 3.05) is 5.32 Å². The van der Waals surface area contributed by atoms with E-state index in [0.717, 1.165) is 11.1 Å².